The number of anilines is 4. The Morgan fingerprint density at radius 3 is 2.32 bits per heavy atom. The minimum atomic E-state index is 0.0282. The first-order valence-corrected chi connectivity index (χ1v) is 10.6. The summed E-state index contributed by atoms with van der Waals surface area (Å²) >= 11 is 0. The summed E-state index contributed by atoms with van der Waals surface area (Å²) in [5.41, 5.74) is 8.64. The second-order valence-electron chi connectivity index (χ2n) is 8.15. The molecule has 0 amide bonds. The summed E-state index contributed by atoms with van der Waals surface area (Å²) in [6.45, 7) is 2.18. The van der Waals surface area contributed by atoms with Gasteiger partial charge in [-0.15, -0.1) is 0 Å². The first-order chi connectivity index (χ1) is 15.2. The maximum atomic E-state index is 5.73. The van der Waals surface area contributed by atoms with E-state index >= 15 is 0 Å². The molecule has 3 heterocycles. The maximum Gasteiger partial charge on any atom is 0.543 e. The van der Waals surface area contributed by atoms with Gasteiger partial charge in [-0.1, -0.05) is 48.5 Å². The van der Waals surface area contributed by atoms with Gasteiger partial charge in [0.05, 0.1) is 26.0 Å². The third-order valence-electron chi connectivity index (χ3n) is 6.54. The number of para-hydroxylation sites is 1. The minimum absolute atomic E-state index is 0.0282. The molecule has 0 aliphatic carbocycles. The number of fused-ring (bicyclic) bond motifs is 8. The molecule has 3 aromatic carbocycles. The molecule has 2 aliphatic rings. The number of ether oxygens (including phenoxy) is 1. The summed E-state index contributed by atoms with van der Waals surface area (Å²) in [6, 6.07) is 28.1. The molecular formula is C26H23BN3O+. The molecule has 0 saturated heterocycles. The zero-order valence-corrected chi connectivity index (χ0v) is 17.9. The lowest BCUT2D eigenvalue weighted by Crippen LogP contribution is -2.57. The van der Waals surface area contributed by atoms with Crippen molar-refractivity contribution in [2.24, 2.45) is 7.05 Å². The highest BCUT2D eigenvalue weighted by atomic mass is 16.5. The van der Waals surface area contributed by atoms with E-state index in [0.717, 1.165) is 17.1 Å². The van der Waals surface area contributed by atoms with Crippen LogP contribution in [0.15, 0.2) is 85.1 Å². The van der Waals surface area contributed by atoms with E-state index in [0.29, 0.717) is 0 Å². The Kier molecular flexibility index (Phi) is 3.87. The fourth-order valence-corrected chi connectivity index (χ4v) is 5.18. The smallest absolute Gasteiger partial charge is 0.496 e. The van der Waals surface area contributed by atoms with Gasteiger partial charge in [0.1, 0.15) is 11.4 Å². The van der Waals surface area contributed by atoms with Gasteiger partial charge >= 0.3 is 6.98 Å². The Bertz CT molecular complexity index is 1340. The highest BCUT2D eigenvalue weighted by Crippen LogP contribution is 2.52. The molecule has 4 aromatic rings. The van der Waals surface area contributed by atoms with Gasteiger partial charge in [0, 0.05) is 28.3 Å². The molecule has 0 bridgehead atoms. The van der Waals surface area contributed by atoms with Gasteiger partial charge < -0.3 is 9.55 Å². The maximum absolute atomic E-state index is 5.73. The van der Waals surface area contributed by atoms with Crippen molar-refractivity contribution < 1.29 is 9.30 Å². The number of pyridine rings is 1. The van der Waals surface area contributed by atoms with E-state index in [9.17, 15) is 0 Å². The van der Waals surface area contributed by atoms with E-state index in [1.54, 1.807) is 7.11 Å². The van der Waals surface area contributed by atoms with Crippen LogP contribution >= 0.6 is 0 Å². The molecule has 4 nitrogen and oxygen atoms in total. The summed E-state index contributed by atoms with van der Waals surface area (Å²) in [7, 11) is 3.85. The van der Waals surface area contributed by atoms with Crippen LogP contribution < -0.4 is 24.4 Å². The normalized spacial score (nSPS) is 13.5. The number of methoxy groups -OCH3 is 1. The van der Waals surface area contributed by atoms with Crippen LogP contribution in [0.5, 0.6) is 5.75 Å². The quantitative estimate of drug-likeness (QED) is 0.363. The van der Waals surface area contributed by atoms with Crippen molar-refractivity contribution in [1.82, 2.24) is 0 Å². The Labute approximate surface area is 183 Å². The first-order valence-electron chi connectivity index (χ1n) is 10.6. The molecule has 6 rings (SSSR count). The van der Waals surface area contributed by atoms with Crippen molar-refractivity contribution >= 4 is 35.3 Å². The summed E-state index contributed by atoms with van der Waals surface area (Å²) < 4.78 is 7.91. The summed E-state index contributed by atoms with van der Waals surface area (Å²) in [4.78, 5) is 4.94. The van der Waals surface area contributed by atoms with Crippen LogP contribution in [0.4, 0.5) is 22.9 Å². The number of aromatic nitrogens is 1. The van der Waals surface area contributed by atoms with Crippen LogP contribution in [0, 0.1) is 6.92 Å². The third-order valence-corrected chi connectivity index (χ3v) is 6.54. The standard InChI is InChI=1S/C26H23BN3O/c1-18-24(31-3)16-15-23-26(18)30(25-14-8-9-17-28(25)2)27-21-12-6-4-10-19(21)20-11-5-7-13-22(20)29(23)27/h4-17H,1-3H3/q+1. The molecular weight excluding hydrogens is 381 g/mol. The van der Waals surface area contributed by atoms with Gasteiger partial charge in [-0.2, -0.15) is 0 Å². The Hall–Kier alpha value is -3.73. The number of nitrogens with zero attached hydrogens (tertiary/aromatic N) is 3. The predicted octanol–water partition coefficient (Wildman–Crippen LogP) is 4.49. The van der Waals surface area contributed by atoms with Gasteiger partial charge in [-0.05, 0) is 36.8 Å². The molecule has 5 heteroatoms. The second kappa shape index (κ2) is 6.64. The average molecular weight is 404 g/mol. The Morgan fingerprint density at radius 2 is 1.52 bits per heavy atom. The number of hydrogen-bond acceptors (Lipinski definition) is 3. The fourth-order valence-electron chi connectivity index (χ4n) is 5.18. The highest BCUT2D eigenvalue weighted by Gasteiger charge is 2.55. The van der Waals surface area contributed by atoms with E-state index in [1.165, 1.54) is 33.7 Å². The van der Waals surface area contributed by atoms with E-state index in [4.69, 9.17) is 4.74 Å². The van der Waals surface area contributed by atoms with Gasteiger partial charge in [0.25, 0.3) is 5.82 Å². The van der Waals surface area contributed by atoms with Gasteiger partial charge in [0.2, 0.25) is 0 Å². The lowest BCUT2D eigenvalue weighted by molar-refractivity contribution is -0.658. The van der Waals surface area contributed by atoms with E-state index < -0.39 is 0 Å². The average Bonchev–Trinajstić information content (AvgIpc) is 3.16. The van der Waals surface area contributed by atoms with Gasteiger partial charge in [0.15, 0.2) is 0 Å². The van der Waals surface area contributed by atoms with E-state index in [-0.39, 0.29) is 6.98 Å². The van der Waals surface area contributed by atoms with Crippen LogP contribution in [0.25, 0.3) is 11.1 Å². The van der Waals surface area contributed by atoms with Crippen molar-refractivity contribution in [3.05, 3.63) is 90.6 Å². The van der Waals surface area contributed by atoms with Crippen LogP contribution in [0.2, 0.25) is 0 Å². The zero-order chi connectivity index (χ0) is 21.1. The highest BCUT2D eigenvalue weighted by molar-refractivity contribution is 6.86. The summed E-state index contributed by atoms with van der Waals surface area (Å²) in [6.07, 6.45) is 2.11. The van der Waals surface area contributed by atoms with E-state index in [2.05, 4.69) is 113 Å². The first kappa shape index (κ1) is 18.1. The molecule has 150 valence electrons. The molecule has 0 radical (unpaired) electrons. The monoisotopic (exact) mass is 404 g/mol. The molecule has 0 unspecified atom stereocenters. The van der Waals surface area contributed by atoms with Crippen molar-refractivity contribution in [3.8, 4) is 16.9 Å². The fraction of sp³-hybridized carbons (Fsp3) is 0.115. The van der Waals surface area contributed by atoms with Gasteiger partial charge in [-0.25, -0.2) is 4.57 Å². The van der Waals surface area contributed by atoms with Crippen LogP contribution in [0.3, 0.4) is 0 Å². The number of rotatable bonds is 2. The SMILES string of the molecule is COc1ccc2c(c1C)N(c1cccc[n+]1C)B1c3ccccc3-c3ccccc3N12. The van der Waals surface area contributed by atoms with Crippen molar-refractivity contribution in [2.45, 2.75) is 6.92 Å². The number of aryl methyl sites for hydroxylation is 1. The lowest BCUT2D eigenvalue weighted by Gasteiger charge is -2.32. The molecule has 0 spiro atoms. The zero-order valence-electron chi connectivity index (χ0n) is 17.9. The molecule has 31 heavy (non-hydrogen) atoms. The van der Waals surface area contributed by atoms with Crippen molar-refractivity contribution in [3.63, 3.8) is 0 Å². The Balaban J connectivity index is 1.73. The number of hydrogen-bond donors (Lipinski definition) is 0. The molecule has 0 N–H and O–H groups in total. The largest absolute Gasteiger partial charge is 0.543 e. The number of benzene rings is 3. The van der Waals surface area contributed by atoms with Crippen LogP contribution in [0.1, 0.15) is 5.56 Å². The molecule has 0 saturated carbocycles. The molecule has 1 aromatic heterocycles. The van der Waals surface area contributed by atoms with Crippen molar-refractivity contribution in [2.75, 3.05) is 16.7 Å². The molecule has 0 fully saturated rings. The second-order valence-corrected chi connectivity index (χ2v) is 8.15. The van der Waals surface area contributed by atoms with Crippen molar-refractivity contribution in [1.29, 1.82) is 0 Å². The predicted molar refractivity (Wildman–Crippen MR) is 127 cm³/mol. The minimum Gasteiger partial charge on any atom is -0.496 e. The topological polar surface area (TPSA) is 19.6 Å². The third kappa shape index (κ3) is 2.40. The molecule has 0 atom stereocenters. The summed E-state index contributed by atoms with van der Waals surface area (Å²) in [5, 5.41) is 0. The van der Waals surface area contributed by atoms with Crippen LogP contribution in [-0.4, -0.2) is 14.1 Å². The Morgan fingerprint density at radius 1 is 0.774 bits per heavy atom. The van der Waals surface area contributed by atoms with Gasteiger partial charge in [-0.3, -0.25) is 4.81 Å². The van der Waals surface area contributed by atoms with E-state index in [1.807, 2.05) is 0 Å². The lowest BCUT2D eigenvalue weighted by atomic mass is 9.59. The molecule has 2 aliphatic heterocycles. The summed E-state index contributed by atoms with van der Waals surface area (Å²) in [5.74, 6) is 2.05. The van der Waals surface area contributed by atoms with Crippen LogP contribution in [-0.2, 0) is 7.05 Å².